The summed E-state index contributed by atoms with van der Waals surface area (Å²) in [6.07, 6.45) is 3.07. The number of rotatable bonds is 7. The molecule has 0 saturated carbocycles. The van der Waals surface area contributed by atoms with E-state index in [1.54, 1.807) is 11.3 Å². The first kappa shape index (κ1) is 15.1. The standard InChI is InChI=1S/C16H23N3S/c1-4-14(17-5-2)16-19-18-15(20-16)11-10-13-9-7-6-8-12(13)3/h6-9,14,17H,4-5,10-11H2,1-3H3. The van der Waals surface area contributed by atoms with Crippen molar-refractivity contribution in [3.63, 3.8) is 0 Å². The molecule has 0 amide bonds. The van der Waals surface area contributed by atoms with Gasteiger partial charge >= 0.3 is 0 Å². The normalized spacial score (nSPS) is 12.6. The van der Waals surface area contributed by atoms with E-state index >= 15 is 0 Å². The minimum Gasteiger partial charge on any atom is -0.308 e. The van der Waals surface area contributed by atoms with Crippen molar-refractivity contribution >= 4 is 11.3 Å². The third-order valence-corrected chi connectivity index (χ3v) is 4.61. The molecule has 1 atom stereocenters. The Bertz CT molecular complexity index is 536. The van der Waals surface area contributed by atoms with Gasteiger partial charge in [-0.15, -0.1) is 10.2 Å². The van der Waals surface area contributed by atoms with E-state index in [1.807, 2.05) is 0 Å². The molecule has 0 spiro atoms. The fourth-order valence-corrected chi connectivity index (χ4v) is 3.29. The second-order valence-electron chi connectivity index (χ2n) is 4.98. The zero-order chi connectivity index (χ0) is 14.4. The highest BCUT2D eigenvalue weighted by atomic mass is 32.1. The van der Waals surface area contributed by atoms with Gasteiger partial charge in [0, 0.05) is 6.42 Å². The zero-order valence-electron chi connectivity index (χ0n) is 12.5. The maximum Gasteiger partial charge on any atom is 0.134 e. The van der Waals surface area contributed by atoms with E-state index in [9.17, 15) is 0 Å². The number of hydrogen-bond acceptors (Lipinski definition) is 4. The zero-order valence-corrected chi connectivity index (χ0v) is 13.3. The molecule has 0 aliphatic carbocycles. The summed E-state index contributed by atoms with van der Waals surface area (Å²) in [5.41, 5.74) is 2.76. The second-order valence-corrected chi connectivity index (χ2v) is 6.07. The van der Waals surface area contributed by atoms with Gasteiger partial charge in [-0.05, 0) is 37.4 Å². The Morgan fingerprint density at radius 3 is 2.65 bits per heavy atom. The minimum absolute atomic E-state index is 0.352. The molecular formula is C16H23N3S. The molecule has 1 unspecified atom stereocenters. The van der Waals surface area contributed by atoms with Crippen LogP contribution in [0, 0.1) is 6.92 Å². The van der Waals surface area contributed by atoms with Gasteiger partial charge in [-0.1, -0.05) is 49.4 Å². The Labute approximate surface area is 125 Å². The van der Waals surface area contributed by atoms with E-state index in [1.165, 1.54) is 11.1 Å². The quantitative estimate of drug-likeness (QED) is 0.844. The van der Waals surface area contributed by atoms with Crippen LogP contribution in [0.15, 0.2) is 24.3 Å². The molecule has 4 heteroatoms. The molecule has 20 heavy (non-hydrogen) atoms. The second kappa shape index (κ2) is 7.50. The van der Waals surface area contributed by atoms with E-state index < -0.39 is 0 Å². The molecule has 1 heterocycles. The molecule has 2 aromatic rings. The van der Waals surface area contributed by atoms with Gasteiger partial charge in [-0.3, -0.25) is 0 Å². The van der Waals surface area contributed by atoms with E-state index in [2.05, 4.69) is 60.6 Å². The topological polar surface area (TPSA) is 37.8 Å². The number of benzene rings is 1. The predicted molar refractivity (Wildman–Crippen MR) is 85.2 cm³/mol. The fraction of sp³-hybridized carbons (Fsp3) is 0.500. The van der Waals surface area contributed by atoms with Crippen LogP contribution in [0.1, 0.15) is 47.5 Å². The van der Waals surface area contributed by atoms with Crippen molar-refractivity contribution in [1.29, 1.82) is 0 Å². The van der Waals surface area contributed by atoms with E-state index in [0.29, 0.717) is 6.04 Å². The molecule has 1 aromatic carbocycles. The highest BCUT2D eigenvalue weighted by molar-refractivity contribution is 7.11. The lowest BCUT2D eigenvalue weighted by Crippen LogP contribution is -2.19. The molecule has 0 aliphatic heterocycles. The lowest BCUT2D eigenvalue weighted by Gasteiger charge is -2.10. The molecule has 0 fully saturated rings. The van der Waals surface area contributed by atoms with Crippen LogP contribution in [0.3, 0.4) is 0 Å². The number of hydrogen-bond donors (Lipinski definition) is 1. The van der Waals surface area contributed by atoms with Gasteiger partial charge in [-0.2, -0.15) is 0 Å². The molecule has 2 rings (SSSR count). The lowest BCUT2D eigenvalue weighted by atomic mass is 10.0. The van der Waals surface area contributed by atoms with Gasteiger partial charge in [0.2, 0.25) is 0 Å². The molecule has 0 bridgehead atoms. The van der Waals surface area contributed by atoms with Gasteiger partial charge in [-0.25, -0.2) is 0 Å². The summed E-state index contributed by atoms with van der Waals surface area (Å²) in [4.78, 5) is 0. The summed E-state index contributed by atoms with van der Waals surface area (Å²) in [5, 5.41) is 14.4. The summed E-state index contributed by atoms with van der Waals surface area (Å²) >= 11 is 1.75. The predicted octanol–water partition coefficient (Wildman–Crippen LogP) is 3.69. The van der Waals surface area contributed by atoms with Crippen LogP contribution in [0.5, 0.6) is 0 Å². The summed E-state index contributed by atoms with van der Waals surface area (Å²) in [7, 11) is 0. The number of aryl methyl sites for hydroxylation is 3. The van der Waals surface area contributed by atoms with E-state index in [0.717, 1.165) is 35.8 Å². The molecule has 0 aliphatic rings. The van der Waals surface area contributed by atoms with Crippen molar-refractivity contribution < 1.29 is 0 Å². The Morgan fingerprint density at radius 2 is 1.95 bits per heavy atom. The van der Waals surface area contributed by atoms with Crippen molar-refractivity contribution in [3.05, 3.63) is 45.4 Å². The van der Waals surface area contributed by atoms with E-state index in [-0.39, 0.29) is 0 Å². The van der Waals surface area contributed by atoms with Crippen LogP contribution in [0.25, 0.3) is 0 Å². The summed E-state index contributed by atoms with van der Waals surface area (Å²) in [6.45, 7) is 7.44. The van der Waals surface area contributed by atoms with Gasteiger partial charge in [0.05, 0.1) is 6.04 Å². The van der Waals surface area contributed by atoms with Gasteiger partial charge in [0.1, 0.15) is 10.0 Å². The Morgan fingerprint density at radius 1 is 1.15 bits per heavy atom. The number of nitrogens with one attached hydrogen (secondary N) is 1. The Balaban J connectivity index is 1.98. The number of nitrogens with zero attached hydrogens (tertiary/aromatic N) is 2. The third kappa shape index (κ3) is 3.87. The first-order chi connectivity index (χ1) is 9.74. The maximum atomic E-state index is 4.35. The molecule has 0 radical (unpaired) electrons. The van der Waals surface area contributed by atoms with Crippen LogP contribution in [0.4, 0.5) is 0 Å². The van der Waals surface area contributed by atoms with Gasteiger partial charge in [0.15, 0.2) is 0 Å². The highest BCUT2D eigenvalue weighted by Gasteiger charge is 2.13. The lowest BCUT2D eigenvalue weighted by molar-refractivity contribution is 0.530. The largest absolute Gasteiger partial charge is 0.308 e. The SMILES string of the molecule is CCNC(CC)c1nnc(CCc2ccccc2C)s1. The van der Waals surface area contributed by atoms with Crippen molar-refractivity contribution in [1.82, 2.24) is 15.5 Å². The summed E-state index contributed by atoms with van der Waals surface area (Å²) in [5.74, 6) is 0. The maximum absolute atomic E-state index is 4.35. The van der Waals surface area contributed by atoms with Crippen molar-refractivity contribution in [2.24, 2.45) is 0 Å². The van der Waals surface area contributed by atoms with Gasteiger partial charge in [0.25, 0.3) is 0 Å². The van der Waals surface area contributed by atoms with Crippen LogP contribution in [-0.4, -0.2) is 16.7 Å². The van der Waals surface area contributed by atoms with Crippen molar-refractivity contribution in [3.8, 4) is 0 Å². The highest BCUT2D eigenvalue weighted by Crippen LogP contribution is 2.22. The van der Waals surface area contributed by atoms with Crippen molar-refractivity contribution in [2.45, 2.75) is 46.1 Å². The fourth-order valence-electron chi connectivity index (χ4n) is 2.29. The summed E-state index contributed by atoms with van der Waals surface area (Å²) < 4.78 is 0. The average Bonchev–Trinajstić information content (AvgIpc) is 2.92. The molecule has 1 aromatic heterocycles. The van der Waals surface area contributed by atoms with Crippen LogP contribution >= 0.6 is 11.3 Å². The molecular weight excluding hydrogens is 266 g/mol. The minimum atomic E-state index is 0.352. The first-order valence-electron chi connectivity index (χ1n) is 7.34. The van der Waals surface area contributed by atoms with Crippen LogP contribution < -0.4 is 5.32 Å². The first-order valence-corrected chi connectivity index (χ1v) is 8.16. The van der Waals surface area contributed by atoms with E-state index in [4.69, 9.17) is 0 Å². The molecule has 108 valence electrons. The molecule has 1 N–H and O–H groups in total. The average molecular weight is 289 g/mol. The van der Waals surface area contributed by atoms with Crippen LogP contribution in [-0.2, 0) is 12.8 Å². The third-order valence-electron chi connectivity index (χ3n) is 3.51. The monoisotopic (exact) mass is 289 g/mol. The van der Waals surface area contributed by atoms with Gasteiger partial charge < -0.3 is 5.32 Å². The summed E-state index contributed by atoms with van der Waals surface area (Å²) in [6, 6.07) is 8.91. The van der Waals surface area contributed by atoms with Crippen molar-refractivity contribution in [2.75, 3.05) is 6.54 Å². The van der Waals surface area contributed by atoms with Crippen LogP contribution in [0.2, 0.25) is 0 Å². The molecule has 3 nitrogen and oxygen atoms in total. The molecule has 0 saturated heterocycles. The Hall–Kier alpha value is -1.26. The smallest absolute Gasteiger partial charge is 0.134 e. The number of aromatic nitrogens is 2. The Kier molecular flexibility index (Phi) is 5.68.